The van der Waals surface area contributed by atoms with Crippen molar-refractivity contribution in [3.63, 3.8) is 0 Å². The molecule has 0 atom stereocenters. The highest BCUT2D eigenvalue weighted by molar-refractivity contribution is 5.48. The van der Waals surface area contributed by atoms with Crippen LogP contribution in [0.2, 0.25) is 0 Å². The lowest BCUT2D eigenvalue weighted by molar-refractivity contribution is 1.06. The lowest BCUT2D eigenvalue weighted by atomic mass is 10.1. The molecule has 1 N–H and O–H groups in total. The smallest absolute Gasteiger partial charge is 0.128 e. The zero-order chi connectivity index (χ0) is 13.7. The topological polar surface area (TPSA) is 28.2 Å². The molecule has 0 spiro atoms. The van der Waals surface area contributed by atoms with Crippen LogP contribution in [0.25, 0.3) is 0 Å². The minimum atomic E-state index is 0.826. The van der Waals surface area contributed by atoms with E-state index in [0.29, 0.717) is 0 Å². The average molecular weight is 255 g/mol. The van der Waals surface area contributed by atoms with E-state index in [2.05, 4.69) is 47.6 Å². The minimum absolute atomic E-state index is 0.826. The van der Waals surface area contributed by atoms with Crippen molar-refractivity contribution >= 4 is 11.5 Å². The number of rotatable bonds is 5. The molecule has 1 aromatic heterocycles. The van der Waals surface area contributed by atoms with E-state index >= 15 is 0 Å². The molecule has 0 radical (unpaired) electrons. The van der Waals surface area contributed by atoms with Crippen LogP contribution in [-0.2, 0) is 13.0 Å². The number of aromatic nitrogens is 1. The second-order valence-corrected chi connectivity index (χ2v) is 4.82. The summed E-state index contributed by atoms with van der Waals surface area (Å²) in [6.07, 6.45) is 2.96. The summed E-state index contributed by atoms with van der Waals surface area (Å²) in [6, 6.07) is 12.8. The highest BCUT2D eigenvalue weighted by Gasteiger charge is 1.98. The number of nitrogens with one attached hydrogen (secondary N) is 1. The van der Waals surface area contributed by atoms with Gasteiger partial charge in [0.15, 0.2) is 0 Å². The summed E-state index contributed by atoms with van der Waals surface area (Å²) in [6.45, 7) is 3.00. The van der Waals surface area contributed by atoms with Gasteiger partial charge in [0.25, 0.3) is 0 Å². The van der Waals surface area contributed by atoms with Crippen LogP contribution in [0.1, 0.15) is 18.1 Å². The first kappa shape index (κ1) is 13.4. The van der Waals surface area contributed by atoms with Gasteiger partial charge >= 0.3 is 0 Å². The maximum absolute atomic E-state index is 4.38. The standard InChI is InChI=1S/C16H21N3/c1-4-13-5-7-14(8-6-13)11-17-15-9-10-16(18-12-15)19(2)3/h5-10,12,17H,4,11H2,1-3H3. The molecule has 0 aliphatic rings. The van der Waals surface area contributed by atoms with Crippen molar-refractivity contribution in [2.45, 2.75) is 19.9 Å². The fourth-order valence-corrected chi connectivity index (χ4v) is 1.85. The van der Waals surface area contributed by atoms with Crippen LogP contribution in [0.3, 0.4) is 0 Å². The highest BCUT2D eigenvalue weighted by atomic mass is 15.1. The molecule has 2 rings (SSSR count). The molecule has 0 saturated heterocycles. The number of aryl methyl sites for hydroxylation is 1. The molecule has 19 heavy (non-hydrogen) atoms. The molecule has 0 aliphatic heterocycles. The number of benzene rings is 1. The molecule has 1 aromatic carbocycles. The molecule has 0 saturated carbocycles. The maximum atomic E-state index is 4.38. The van der Waals surface area contributed by atoms with E-state index in [9.17, 15) is 0 Å². The van der Waals surface area contributed by atoms with E-state index in [1.54, 1.807) is 0 Å². The Kier molecular flexibility index (Phi) is 4.39. The van der Waals surface area contributed by atoms with Crippen LogP contribution < -0.4 is 10.2 Å². The quantitative estimate of drug-likeness (QED) is 0.888. The van der Waals surface area contributed by atoms with Crippen LogP contribution in [0, 0.1) is 0 Å². The Bertz CT molecular complexity index is 501. The fourth-order valence-electron chi connectivity index (χ4n) is 1.85. The van der Waals surface area contributed by atoms with E-state index in [0.717, 1.165) is 24.5 Å². The van der Waals surface area contributed by atoms with Crippen molar-refractivity contribution < 1.29 is 0 Å². The normalized spacial score (nSPS) is 10.3. The second kappa shape index (κ2) is 6.23. The van der Waals surface area contributed by atoms with Crippen LogP contribution in [0.15, 0.2) is 42.6 Å². The van der Waals surface area contributed by atoms with E-state index in [1.807, 2.05) is 31.3 Å². The van der Waals surface area contributed by atoms with Gasteiger partial charge in [-0.15, -0.1) is 0 Å². The summed E-state index contributed by atoms with van der Waals surface area (Å²) in [4.78, 5) is 6.37. The summed E-state index contributed by atoms with van der Waals surface area (Å²) in [5, 5.41) is 3.38. The Labute approximate surface area is 115 Å². The van der Waals surface area contributed by atoms with Crippen molar-refractivity contribution in [1.29, 1.82) is 0 Å². The van der Waals surface area contributed by atoms with E-state index in [4.69, 9.17) is 0 Å². The van der Waals surface area contributed by atoms with Crippen LogP contribution >= 0.6 is 0 Å². The number of pyridine rings is 1. The molecule has 3 nitrogen and oxygen atoms in total. The molecule has 0 amide bonds. The van der Waals surface area contributed by atoms with Gasteiger partial charge in [0.05, 0.1) is 11.9 Å². The molecule has 0 unspecified atom stereocenters. The summed E-state index contributed by atoms with van der Waals surface area (Å²) in [7, 11) is 3.98. The van der Waals surface area contributed by atoms with Gasteiger partial charge in [-0.25, -0.2) is 4.98 Å². The molecule has 3 heteroatoms. The number of hydrogen-bond donors (Lipinski definition) is 1. The van der Waals surface area contributed by atoms with Gasteiger partial charge in [0.1, 0.15) is 5.82 Å². The molecular formula is C16H21N3. The van der Waals surface area contributed by atoms with Crippen molar-refractivity contribution in [3.8, 4) is 0 Å². The van der Waals surface area contributed by atoms with Crippen molar-refractivity contribution in [1.82, 2.24) is 4.98 Å². The second-order valence-electron chi connectivity index (χ2n) is 4.82. The van der Waals surface area contributed by atoms with Gasteiger partial charge in [-0.3, -0.25) is 0 Å². The van der Waals surface area contributed by atoms with Crippen LogP contribution in [0.5, 0.6) is 0 Å². The van der Waals surface area contributed by atoms with Gasteiger partial charge < -0.3 is 10.2 Å². The van der Waals surface area contributed by atoms with Gasteiger partial charge in [0.2, 0.25) is 0 Å². The first-order valence-corrected chi connectivity index (χ1v) is 6.64. The van der Waals surface area contributed by atoms with E-state index in [1.165, 1.54) is 11.1 Å². The van der Waals surface area contributed by atoms with E-state index in [-0.39, 0.29) is 0 Å². The number of anilines is 2. The molecular weight excluding hydrogens is 234 g/mol. The van der Waals surface area contributed by atoms with Crippen LogP contribution in [-0.4, -0.2) is 19.1 Å². The summed E-state index contributed by atoms with van der Waals surface area (Å²) in [5.41, 5.74) is 3.71. The van der Waals surface area contributed by atoms with Gasteiger partial charge in [-0.1, -0.05) is 31.2 Å². The van der Waals surface area contributed by atoms with Crippen molar-refractivity contribution in [2.75, 3.05) is 24.3 Å². The average Bonchev–Trinajstić information content (AvgIpc) is 2.46. The Morgan fingerprint density at radius 1 is 1.00 bits per heavy atom. The third-order valence-electron chi connectivity index (χ3n) is 3.13. The first-order chi connectivity index (χ1) is 9.19. The molecule has 1 heterocycles. The Morgan fingerprint density at radius 3 is 2.21 bits per heavy atom. The highest BCUT2D eigenvalue weighted by Crippen LogP contribution is 2.13. The SMILES string of the molecule is CCc1ccc(CNc2ccc(N(C)C)nc2)cc1. The predicted molar refractivity (Wildman–Crippen MR) is 81.7 cm³/mol. The Morgan fingerprint density at radius 2 is 1.68 bits per heavy atom. The maximum Gasteiger partial charge on any atom is 0.128 e. The number of nitrogens with zero attached hydrogens (tertiary/aromatic N) is 2. The summed E-state index contributed by atoms with van der Waals surface area (Å²) < 4.78 is 0. The monoisotopic (exact) mass is 255 g/mol. The predicted octanol–water partition coefficient (Wildman–Crippen LogP) is 3.32. The summed E-state index contributed by atoms with van der Waals surface area (Å²) in [5.74, 6) is 0.970. The fraction of sp³-hybridized carbons (Fsp3) is 0.312. The molecule has 0 fully saturated rings. The largest absolute Gasteiger partial charge is 0.380 e. The zero-order valence-electron chi connectivity index (χ0n) is 11.9. The lowest BCUT2D eigenvalue weighted by Gasteiger charge is -2.12. The first-order valence-electron chi connectivity index (χ1n) is 6.64. The zero-order valence-corrected chi connectivity index (χ0v) is 11.9. The third-order valence-corrected chi connectivity index (χ3v) is 3.13. The van der Waals surface area contributed by atoms with Gasteiger partial charge in [0, 0.05) is 20.6 Å². The van der Waals surface area contributed by atoms with E-state index < -0.39 is 0 Å². The molecule has 100 valence electrons. The molecule has 0 bridgehead atoms. The Hall–Kier alpha value is -2.03. The molecule has 2 aromatic rings. The number of hydrogen-bond acceptors (Lipinski definition) is 3. The van der Waals surface area contributed by atoms with Crippen LogP contribution in [0.4, 0.5) is 11.5 Å². The third kappa shape index (κ3) is 3.71. The summed E-state index contributed by atoms with van der Waals surface area (Å²) >= 11 is 0. The lowest BCUT2D eigenvalue weighted by Crippen LogP contribution is -2.10. The van der Waals surface area contributed by atoms with Gasteiger partial charge in [-0.2, -0.15) is 0 Å². The van der Waals surface area contributed by atoms with Crippen molar-refractivity contribution in [3.05, 3.63) is 53.7 Å². The Balaban J connectivity index is 1.94. The minimum Gasteiger partial charge on any atom is -0.380 e. The molecule has 0 aliphatic carbocycles. The van der Waals surface area contributed by atoms with Crippen molar-refractivity contribution in [2.24, 2.45) is 0 Å². The van der Waals surface area contributed by atoms with Gasteiger partial charge in [-0.05, 0) is 29.7 Å².